The fraction of sp³-hybridized carbons (Fsp3) is 0.300. The third-order valence-corrected chi connectivity index (χ3v) is 4.24. The number of aromatic nitrogens is 3. The van der Waals surface area contributed by atoms with Gasteiger partial charge in [-0.05, 0) is 43.7 Å². The van der Waals surface area contributed by atoms with Crippen LogP contribution >= 0.6 is 0 Å². The summed E-state index contributed by atoms with van der Waals surface area (Å²) in [6, 6.07) is 9.86. The van der Waals surface area contributed by atoms with Gasteiger partial charge in [0.2, 0.25) is 5.75 Å². The van der Waals surface area contributed by atoms with E-state index in [0.29, 0.717) is 23.8 Å². The molecule has 6 nitrogen and oxygen atoms in total. The Kier molecular flexibility index (Phi) is 5.11. The molecular weight excluding hydrogens is 330 g/mol. The minimum atomic E-state index is 0.556. The Bertz CT molecular complexity index is 901. The van der Waals surface area contributed by atoms with Gasteiger partial charge in [0.25, 0.3) is 0 Å². The Morgan fingerprint density at radius 3 is 2.23 bits per heavy atom. The van der Waals surface area contributed by atoms with Crippen molar-refractivity contribution in [2.24, 2.45) is 0 Å². The summed E-state index contributed by atoms with van der Waals surface area (Å²) < 4.78 is 18.3. The van der Waals surface area contributed by atoms with E-state index < -0.39 is 0 Å². The highest BCUT2D eigenvalue weighted by Gasteiger charge is 2.17. The number of nitrogens with zero attached hydrogens (tertiary/aromatic N) is 3. The second-order valence-corrected chi connectivity index (χ2v) is 6.02. The van der Waals surface area contributed by atoms with E-state index in [9.17, 15) is 0 Å². The number of hydrogen-bond acceptors (Lipinski definition) is 5. The summed E-state index contributed by atoms with van der Waals surface area (Å²) in [5.74, 6) is 1.78. The standard InChI is InChI=1S/C20H23N3O3/c1-13-10-14(2)23(22-13)12-15-6-8-17(21-11-15)16-7-9-18(24-3)20(26-5)19(16)25-4/h6-11H,12H2,1-5H3. The Morgan fingerprint density at radius 1 is 0.923 bits per heavy atom. The average Bonchev–Trinajstić information content (AvgIpc) is 2.97. The quantitative estimate of drug-likeness (QED) is 0.677. The molecule has 0 atom stereocenters. The molecule has 0 amide bonds. The predicted molar refractivity (Wildman–Crippen MR) is 100 cm³/mol. The van der Waals surface area contributed by atoms with Gasteiger partial charge in [0.1, 0.15) is 0 Å². The van der Waals surface area contributed by atoms with Crippen molar-refractivity contribution in [3.63, 3.8) is 0 Å². The molecule has 0 unspecified atom stereocenters. The first-order valence-corrected chi connectivity index (χ1v) is 8.32. The van der Waals surface area contributed by atoms with E-state index in [-0.39, 0.29) is 0 Å². The molecule has 0 bridgehead atoms. The van der Waals surface area contributed by atoms with Crippen molar-refractivity contribution in [2.75, 3.05) is 21.3 Å². The lowest BCUT2D eigenvalue weighted by atomic mass is 10.1. The minimum absolute atomic E-state index is 0.556. The van der Waals surface area contributed by atoms with Gasteiger partial charge in [-0.2, -0.15) is 5.10 Å². The molecule has 0 aliphatic carbocycles. The van der Waals surface area contributed by atoms with Crippen molar-refractivity contribution in [3.05, 3.63) is 53.5 Å². The zero-order valence-corrected chi connectivity index (χ0v) is 15.7. The van der Waals surface area contributed by atoms with Crippen LogP contribution in [0.4, 0.5) is 0 Å². The zero-order valence-electron chi connectivity index (χ0n) is 15.7. The van der Waals surface area contributed by atoms with Crippen molar-refractivity contribution in [2.45, 2.75) is 20.4 Å². The van der Waals surface area contributed by atoms with E-state index in [1.807, 2.05) is 36.0 Å². The fourth-order valence-corrected chi connectivity index (χ4v) is 2.99. The van der Waals surface area contributed by atoms with Crippen LogP contribution in [0, 0.1) is 13.8 Å². The van der Waals surface area contributed by atoms with Gasteiger partial charge in [0.05, 0.1) is 39.3 Å². The van der Waals surface area contributed by atoms with E-state index in [0.717, 1.165) is 28.2 Å². The van der Waals surface area contributed by atoms with Crippen LogP contribution in [0.25, 0.3) is 11.3 Å². The molecule has 0 aliphatic heterocycles. The summed E-state index contributed by atoms with van der Waals surface area (Å²) in [6.07, 6.45) is 1.86. The van der Waals surface area contributed by atoms with Crippen LogP contribution in [0.15, 0.2) is 36.5 Å². The van der Waals surface area contributed by atoms with Gasteiger partial charge in [-0.3, -0.25) is 9.67 Å². The smallest absolute Gasteiger partial charge is 0.203 e. The highest BCUT2D eigenvalue weighted by molar-refractivity contribution is 5.74. The monoisotopic (exact) mass is 353 g/mol. The molecule has 0 fully saturated rings. The topological polar surface area (TPSA) is 58.4 Å². The SMILES string of the molecule is COc1ccc(-c2ccc(Cn3nc(C)cc3C)cn2)c(OC)c1OC. The Balaban J connectivity index is 1.92. The number of pyridine rings is 1. The maximum Gasteiger partial charge on any atom is 0.203 e. The number of benzene rings is 1. The lowest BCUT2D eigenvalue weighted by Crippen LogP contribution is -2.04. The van der Waals surface area contributed by atoms with Gasteiger partial charge in [-0.25, -0.2) is 0 Å². The summed E-state index contributed by atoms with van der Waals surface area (Å²) in [5.41, 5.74) is 4.89. The van der Waals surface area contributed by atoms with Crippen LogP contribution in [-0.2, 0) is 6.54 Å². The maximum atomic E-state index is 5.55. The van der Waals surface area contributed by atoms with Crippen molar-refractivity contribution in [1.82, 2.24) is 14.8 Å². The van der Waals surface area contributed by atoms with Crippen molar-refractivity contribution in [3.8, 4) is 28.5 Å². The average molecular weight is 353 g/mol. The van der Waals surface area contributed by atoms with Gasteiger partial charge in [0.15, 0.2) is 11.5 Å². The van der Waals surface area contributed by atoms with E-state index in [1.54, 1.807) is 21.3 Å². The lowest BCUT2D eigenvalue weighted by Gasteiger charge is -2.15. The second-order valence-electron chi connectivity index (χ2n) is 6.02. The number of ether oxygens (including phenoxy) is 3. The van der Waals surface area contributed by atoms with Crippen LogP contribution in [-0.4, -0.2) is 36.1 Å². The van der Waals surface area contributed by atoms with Crippen LogP contribution < -0.4 is 14.2 Å². The first kappa shape index (κ1) is 17.8. The minimum Gasteiger partial charge on any atom is -0.493 e. The molecule has 3 aromatic rings. The molecule has 136 valence electrons. The first-order valence-electron chi connectivity index (χ1n) is 8.32. The molecule has 3 rings (SSSR count). The predicted octanol–water partition coefficient (Wildman–Crippen LogP) is 3.64. The largest absolute Gasteiger partial charge is 0.493 e. The van der Waals surface area contributed by atoms with E-state index >= 15 is 0 Å². The Morgan fingerprint density at radius 2 is 1.69 bits per heavy atom. The highest BCUT2D eigenvalue weighted by Crippen LogP contribution is 2.43. The Labute approximate surface area is 153 Å². The molecule has 6 heteroatoms. The number of hydrogen-bond donors (Lipinski definition) is 0. The van der Waals surface area contributed by atoms with Crippen LogP contribution in [0.1, 0.15) is 17.0 Å². The molecule has 0 radical (unpaired) electrons. The van der Waals surface area contributed by atoms with Crippen molar-refractivity contribution in [1.29, 1.82) is 0 Å². The Hall–Kier alpha value is -3.02. The number of methoxy groups -OCH3 is 3. The number of aryl methyl sites for hydroxylation is 2. The molecule has 0 saturated heterocycles. The van der Waals surface area contributed by atoms with E-state index in [1.165, 1.54) is 0 Å². The third-order valence-electron chi connectivity index (χ3n) is 4.24. The summed E-state index contributed by atoms with van der Waals surface area (Å²) in [5, 5.41) is 4.49. The van der Waals surface area contributed by atoms with Gasteiger partial charge < -0.3 is 14.2 Å². The molecule has 26 heavy (non-hydrogen) atoms. The summed E-state index contributed by atoms with van der Waals surface area (Å²) in [6.45, 7) is 4.74. The molecule has 0 aliphatic rings. The molecule has 0 spiro atoms. The zero-order chi connectivity index (χ0) is 18.7. The van der Waals surface area contributed by atoms with E-state index in [2.05, 4.69) is 29.1 Å². The van der Waals surface area contributed by atoms with E-state index in [4.69, 9.17) is 14.2 Å². The normalized spacial score (nSPS) is 10.7. The van der Waals surface area contributed by atoms with Crippen LogP contribution in [0.2, 0.25) is 0 Å². The van der Waals surface area contributed by atoms with Gasteiger partial charge >= 0.3 is 0 Å². The molecule has 0 N–H and O–H groups in total. The summed E-state index contributed by atoms with van der Waals surface area (Å²) in [4.78, 5) is 4.60. The van der Waals surface area contributed by atoms with Gasteiger partial charge in [-0.15, -0.1) is 0 Å². The first-order chi connectivity index (χ1) is 12.6. The van der Waals surface area contributed by atoms with Crippen molar-refractivity contribution < 1.29 is 14.2 Å². The molecule has 0 saturated carbocycles. The molecule has 1 aromatic carbocycles. The molecule has 2 heterocycles. The van der Waals surface area contributed by atoms with Gasteiger partial charge in [0, 0.05) is 17.5 Å². The molecule has 2 aromatic heterocycles. The summed E-state index contributed by atoms with van der Waals surface area (Å²) in [7, 11) is 4.80. The van der Waals surface area contributed by atoms with Crippen molar-refractivity contribution >= 4 is 0 Å². The van der Waals surface area contributed by atoms with Crippen LogP contribution in [0.3, 0.4) is 0 Å². The second kappa shape index (κ2) is 7.47. The maximum absolute atomic E-state index is 5.55. The summed E-state index contributed by atoms with van der Waals surface area (Å²) >= 11 is 0. The van der Waals surface area contributed by atoms with Gasteiger partial charge in [-0.1, -0.05) is 6.07 Å². The number of rotatable bonds is 6. The fourth-order valence-electron chi connectivity index (χ4n) is 2.99. The molecular formula is C20H23N3O3. The van der Waals surface area contributed by atoms with Crippen LogP contribution in [0.5, 0.6) is 17.2 Å². The third kappa shape index (κ3) is 3.35. The highest BCUT2D eigenvalue weighted by atomic mass is 16.5. The lowest BCUT2D eigenvalue weighted by molar-refractivity contribution is 0.325.